The molecule has 29 heavy (non-hydrogen) atoms. The van der Waals surface area contributed by atoms with E-state index in [4.69, 9.17) is 4.74 Å². The fourth-order valence-electron chi connectivity index (χ4n) is 3.52. The molecule has 0 atom stereocenters. The van der Waals surface area contributed by atoms with Crippen molar-refractivity contribution < 1.29 is 21.6 Å². The molecule has 9 heteroatoms. The lowest BCUT2D eigenvalue weighted by Crippen LogP contribution is -2.49. The molecule has 7 nitrogen and oxygen atoms in total. The van der Waals surface area contributed by atoms with Gasteiger partial charge in [0.05, 0.1) is 16.4 Å². The molecule has 1 heterocycles. The molecule has 0 bridgehead atoms. The van der Waals surface area contributed by atoms with Crippen LogP contribution in [0, 0.1) is 0 Å². The predicted octanol–water partition coefficient (Wildman–Crippen LogP) is 2.18. The van der Waals surface area contributed by atoms with Crippen LogP contribution in [0.25, 0.3) is 0 Å². The van der Waals surface area contributed by atoms with E-state index in [0.29, 0.717) is 12.8 Å². The summed E-state index contributed by atoms with van der Waals surface area (Å²) in [5.41, 5.74) is 0. The Hall–Kier alpha value is -1.78. The highest BCUT2D eigenvalue weighted by molar-refractivity contribution is 7.89. The topological polar surface area (TPSA) is 84.0 Å². The smallest absolute Gasteiger partial charge is 0.243 e. The van der Waals surface area contributed by atoms with Crippen LogP contribution in [0.3, 0.4) is 0 Å². The molecule has 0 aliphatic carbocycles. The maximum absolute atomic E-state index is 13.2. The zero-order chi connectivity index (χ0) is 20.9. The molecule has 0 saturated carbocycles. The van der Waals surface area contributed by atoms with Crippen molar-refractivity contribution in [2.45, 2.75) is 28.7 Å². The third kappa shape index (κ3) is 4.87. The van der Waals surface area contributed by atoms with E-state index in [-0.39, 0.29) is 42.1 Å². The molecular weight excluding hydrogens is 412 g/mol. The number of ether oxygens (including phenoxy) is 1. The summed E-state index contributed by atoms with van der Waals surface area (Å²) in [5.74, 6) is 0. The van der Waals surface area contributed by atoms with Crippen LogP contribution in [-0.4, -0.2) is 64.8 Å². The SMILES string of the molecule is COCCN(C1CCN(S(=O)(=O)c2ccccc2)CC1)S(=O)(=O)c1ccccc1. The van der Waals surface area contributed by atoms with Crippen molar-refractivity contribution in [1.82, 2.24) is 8.61 Å². The molecule has 1 aliphatic rings. The van der Waals surface area contributed by atoms with Crippen LogP contribution >= 0.6 is 0 Å². The van der Waals surface area contributed by atoms with Crippen molar-refractivity contribution in [3.8, 4) is 0 Å². The van der Waals surface area contributed by atoms with Gasteiger partial charge in [-0.25, -0.2) is 16.8 Å². The van der Waals surface area contributed by atoms with Crippen molar-refractivity contribution in [3.63, 3.8) is 0 Å². The molecule has 0 radical (unpaired) electrons. The lowest BCUT2D eigenvalue weighted by molar-refractivity contribution is 0.148. The Morgan fingerprint density at radius 2 is 1.41 bits per heavy atom. The number of methoxy groups -OCH3 is 1. The molecule has 1 aliphatic heterocycles. The maximum Gasteiger partial charge on any atom is 0.243 e. The van der Waals surface area contributed by atoms with Crippen LogP contribution in [0.15, 0.2) is 70.5 Å². The van der Waals surface area contributed by atoms with Gasteiger partial charge < -0.3 is 4.74 Å². The lowest BCUT2D eigenvalue weighted by Gasteiger charge is -2.37. The van der Waals surface area contributed by atoms with Crippen molar-refractivity contribution in [2.75, 3.05) is 33.4 Å². The fraction of sp³-hybridized carbons (Fsp3) is 0.400. The number of piperidine rings is 1. The second kappa shape index (κ2) is 9.36. The van der Waals surface area contributed by atoms with Crippen LogP contribution in [0.2, 0.25) is 0 Å². The minimum atomic E-state index is -3.69. The zero-order valence-electron chi connectivity index (χ0n) is 16.3. The first-order chi connectivity index (χ1) is 13.9. The molecule has 1 saturated heterocycles. The van der Waals surface area contributed by atoms with Gasteiger partial charge in [-0.05, 0) is 37.1 Å². The van der Waals surface area contributed by atoms with Crippen LogP contribution < -0.4 is 0 Å². The Balaban J connectivity index is 1.77. The quantitative estimate of drug-likeness (QED) is 0.631. The summed E-state index contributed by atoms with van der Waals surface area (Å²) in [6.07, 6.45) is 0.865. The summed E-state index contributed by atoms with van der Waals surface area (Å²) in [6, 6.07) is 16.3. The number of hydrogen-bond acceptors (Lipinski definition) is 5. The Morgan fingerprint density at radius 1 is 0.897 bits per heavy atom. The van der Waals surface area contributed by atoms with Gasteiger partial charge in [0.15, 0.2) is 0 Å². The van der Waals surface area contributed by atoms with E-state index in [1.807, 2.05) is 0 Å². The van der Waals surface area contributed by atoms with Gasteiger partial charge in [-0.3, -0.25) is 0 Å². The molecule has 0 N–H and O–H groups in total. The van der Waals surface area contributed by atoms with E-state index in [1.54, 1.807) is 60.7 Å². The molecule has 0 unspecified atom stereocenters. The van der Waals surface area contributed by atoms with E-state index in [1.165, 1.54) is 15.7 Å². The summed E-state index contributed by atoms with van der Waals surface area (Å²) in [5, 5.41) is 0. The first-order valence-corrected chi connectivity index (χ1v) is 12.4. The maximum atomic E-state index is 13.2. The number of benzene rings is 2. The first kappa shape index (κ1) is 21.9. The standard InChI is InChI=1S/C20H26N2O5S2/c1-27-17-16-22(29(25,26)20-10-6-3-7-11-20)18-12-14-21(15-13-18)28(23,24)19-8-4-2-5-9-19/h2-11,18H,12-17H2,1H3. The first-order valence-electron chi connectivity index (χ1n) is 9.48. The molecular formula is C20H26N2O5S2. The van der Waals surface area contributed by atoms with Crippen molar-refractivity contribution in [1.29, 1.82) is 0 Å². The van der Waals surface area contributed by atoms with E-state index >= 15 is 0 Å². The molecule has 3 rings (SSSR count). The van der Waals surface area contributed by atoms with Gasteiger partial charge in [-0.15, -0.1) is 0 Å². The molecule has 0 spiro atoms. The van der Waals surface area contributed by atoms with E-state index in [2.05, 4.69) is 0 Å². The van der Waals surface area contributed by atoms with Gasteiger partial charge in [0.2, 0.25) is 20.0 Å². The minimum absolute atomic E-state index is 0.226. The number of hydrogen-bond donors (Lipinski definition) is 0. The van der Waals surface area contributed by atoms with Crippen LogP contribution in [0.5, 0.6) is 0 Å². The lowest BCUT2D eigenvalue weighted by atomic mass is 10.1. The average molecular weight is 439 g/mol. The summed E-state index contributed by atoms with van der Waals surface area (Å²) >= 11 is 0. The van der Waals surface area contributed by atoms with Gasteiger partial charge in [0, 0.05) is 32.8 Å². The van der Waals surface area contributed by atoms with Crippen molar-refractivity contribution in [3.05, 3.63) is 60.7 Å². The highest BCUT2D eigenvalue weighted by Gasteiger charge is 2.36. The Labute approximate surface area is 173 Å². The third-order valence-corrected chi connectivity index (χ3v) is 8.96. The largest absolute Gasteiger partial charge is 0.383 e. The average Bonchev–Trinajstić information content (AvgIpc) is 2.75. The summed E-state index contributed by atoms with van der Waals surface area (Å²) in [7, 11) is -5.74. The van der Waals surface area contributed by atoms with Gasteiger partial charge in [0.25, 0.3) is 0 Å². The molecule has 2 aromatic rings. The predicted molar refractivity (Wildman–Crippen MR) is 110 cm³/mol. The second-order valence-corrected chi connectivity index (χ2v) is 10.7. The number of nitrogens with zero attached hydrogens (tertiary/aromatic N) is 2. The van der Waals surface area contributed by atoms with E-state index < -0.39 is 20.0 Å². The van der Waals surface area contributed by atoms with E-state index in [9.17, 15) is 16.8 Å². The zero-order valence-corrected chi connectivity index (χ0v) is 18.0. The monoisotopic (exact) mass is 438 g/mol. The normalized spacial score (nSPS) is 16.9. The molecule has 0 aromatic heterocycles. The fourth-order valence-corrected chi connectivity index (χ4v) is 6.70. The third-order valence-electron chi connectivity index (χ3n) is 5.08. The van der Waals surface area contributed by atoms with E-state index in [0.717, 1.165) is 0 Å². The van der Waals surface area contributed by atoms with Crippen LogP contribution in [0.1, 0.15) is 12.8 Å². The highest BCUT2D eigenvalue weighted by atomic mass is 32.2. The van der Waals surface area contributed by atoms with Gasteiger partial charge in [-0.2, -0.15) is 8.61 Å². The van der Waals surface area contributed by atoms with Gasteiger partial charge in [-0.1, -0.05) is 36.4 Å². The van der Waals surface area contributed by atoms with Crippen LogP contribution in [0.4, 0.5) is 0 Å². The van der Waals surface area contributed by atoms with Crippen molar-refractivity contribution >= 4 is 20.0 Å². The Morgan fingerprint density at radius 3 is 1.93 bits per heavy atom. The Kier molecular flexibility index (Phi) is 7.07. The number of sulfonamides is 2. The van der Waals surface area contributed by atoms with Crippen LogP contribution in [-0.2, 0) is 24.8 Å². The minimum Gasteiger partial charge on any atom is -0.383 e. The summed E-state index contributed by atoms with van der Waals surface area (Å²) in [6.45, 7) is 1.05. The number of rotatable bonds is 8. The highest BCUT2D eigenvalue weighted by Crippen LogP contribution is 2.27. The molecule has 1 fully saturated rings. The van der Waals surface area contributed by atoms with Gasteiger partial charge in [0.1, 0.15) is 0 Å². The molecule has 2 aromatic carbocycles. The molecule has 158 valence electrons. The molecule has 0 amide bonds. The van der Waals surface area contributed by atoms with Crippen molar-refractivity contribution in [2.24, 2.45) is 0 Å². The van der Waals surface area contributed by atoms with Gasteiger partial charge >= 0.3 is 0 Å². The second-order valence-electron chi connectivity index (χ2n) is 6.87. The summed E-state index contributed by atoms with van der Waals surface area (Å²) < 4.78 is 60.0. The summed E-state index contributed by atoms with van der Waals surface area (Å²) in [4.78, 5) is 0.488. The Bertz CT molecular complexity index is 988.